The third kappa shape index (κ3) is 3.97. The van der Waals surface area contributed by atoms with Crippen molar-refractivity contribution in [3.63, 3.8) is 0 Å². The third-order valence-corrected chi connectivity index (χ3v) is 5.96. The molecule has 158 valence electrons. The van der Waals surface area contributed by atoms with Gasteiger partial charge in [0.05, 0.1) is 16.8 Å². The molecule has 4 rings (SSSR count). The summed E-state index contributed by atoms with van der Waals surface area (Å²) in [5, 5.41) is 24.2. The largest absolute Gasteiger partial charge is 0.507 e. The van der Waals surface area contributed by atoms with Gasteiger partial charge in [0.1, 0.15) is 5.75 Å². The Labute approximate surface area is 178 Å². The molecule has 0 spiro atoms. The first-order valence-corrected chi connectivity index (χ1v) is 10.5. The van der Waals surface area contributed by atoms with E-state index in [1.54, 1.807) is 6.07 Å². The highest BCUT2D eigenvalue weighted by Gasteiger charge is 2.39. The predicted octanol–water partition coefficient (Wildman–Crippen LogP) is 4.45. The molecule has 0 unspecified atom stereocenters. The fourth-order valence-electron chi connectivity index (χ4n) is 4.90. The molecule has 0 amide bonds. The summed E-state index contributed by atoms with van der Waals surface area (Å²) in [7, 11) is 2.09. The highest BCUT2D eigenvalue weighted by Crippen LogP contribution is 2.36. The van der Waals surface area contributed by atoms with Gasteiger partial charge in [0, 0.05) is 35.2 Å². The van der Waals surface area contributed by atoms with Crippen LogP contribution in [0.3, 0.4) is 0 Å². The van der Waals surface area contributed by atoms with Gasteiger partial charge in [-0.25, -0.2) is 0 Å². The average molecular weight is 406 g/mol. The lowest BCUT2D eigenvalue weighted by atomic mass is 9.79. The van der Waals surface area contributed by atoms with Crippen LogP contribution in [-0.4, -0.2) is 44.5 Å². The van der Waals surface area contributed by atoms with Crippen molar-refractivity contribution < 1.29 is 5.11 Å². The zero-order valence-electron chi connectivity index (χ0n) is 18.7. The van der Waals surface area contributed by atoms with Crippen LogP contribution in [0.4, 0.5) is 5.82 Å². The van der Waals surface area contributed by atoms with Gasteiger partial charge in [0.25, 0.3) is 0 Å². The zero-order chi connectivity index (χ0) is 21.7. The first kappa shape index (κ1) is 20.5. The van der Waals surface area contributed by atoms with Crippen molar-refractivity contribution in [2.45, 2.75) is 64.6 Å². The summed E-state index contributed by atoms with van der Waals surface area (Å²) < 4.78 is 0. The van der Waals surface area contributed by atoms with Crippen molar-refractivity contribution in [1.29, 1.82) is 0 Å². The van der Waals surface area contributed by atoms with E-state index in [0.29, 0.717) is 17.3 Å². The first-order valence-electron chi connectivity index (χ1n) is 10.5. The molecule has 0 radical (unpaired) electrons. The molecule has 2 aromatic heterocycles. The molecule has 1 aliphatic rings. The molecule has 2 N–H and O–H groups in total. The molecule has 1 fully saturated rings. The number of phenolic OH excluding ortho intramolecular Hbond substituents is 1. The van der Waals surface area contributed by atoms with Crippen molar-refractivity contribution >= 4 is 16.7 Å². The standard InChI is InChI=1S/C24H31N5O/c1-15-7-8-16-9-11-19(30)21(22(16)25-15)18-10-12-20(27-26-18)29(6)17-13-23(2,3)28-24(4,5)14-17/h7-12,17,28,30H,13-14H2,1-6H3. The molecule has 6 nitrogen and oxygen atoms in total. The molecular formula is C24H31N5O. The maximum absolute atomic E-state index is 10.5. The molecule has 6 heteroatoms. The van der Waals surface area contributed by atoms with E-state index in [2.05, 4.69) is 60.1 Å². The lowest BCUT2D eigenvalue weighted by Gasteiger charge is -2.49. The van der Waals surface area contributed by atoms with E-state index in [4.69, 9.17) is 0 Å². The molecule has 1 aliphatic heterocycles. The van der Waals surface area contributed by atoms with Crippen molar-refractivity contribution in [2.24, 2.45) is 0 Å². The smallest absolute Gasteiger partial charge is 0.151 e. The molecule has 0 saturated carbocycles. The Hall–Kier alpha value is -2.73. The number of pyridine rings is 1. The van der Waals surface area contributed by atoms with Crippen molar-refractivity contribution in [2.75, 3.05) is 11.9 Å². The number of aryl methyl sites for hydroxylation is 1. The minimum absolute atomic E-state index is 0.0618. The summed E-state index contributed by atoms with van der Waals surface area (Å²) in [5.41, 5.74) is 3.02. The van der Waals surface area contributed by atoms with Gasteiger partial charge in [-0.15, -0.1) is 10.2 Å². The minimum atomic E-state index is 0.0618. The number of anilines is 1. The van der Waals surface area contributed by atoms with E-state index in [1.807, 2.05) is 37.3 Å². The summed E-state index contributed by atoms with van der Waals surface area (Å²) >= 11 is 0. The van der Waals surface area contributed by atoms with Crippen molar-refractivity contribution in [1.82, 2.24) is 20.5 Å². The summed E-state index contributed by atoms with van der Waals surface area (Å²) in [6, 6.07) is 11.8. The summed E-state index contributed by atoms with van der Waals surface area (Å²) in [5.74, 6) is 0.999. The number of aromatic nitrogens is 3. The van der Waals surface area contributed by atoms with Gasteiger partial charge in [-0.3, -0.25) is 4.98 Å². The van der Waals surface area contributed by atoms with Crippen molar-refractivity contribution in [3.8, 4) is 17.0 Å². The topological polar surface area (TPSA) is 74.2 Å². The van der Waals surface area contributed by atoms with Crippen LogP contribution in [-0.2, 0) is 0 Å². The second-order valence-electron chi connectivity index (χ2n) is 9.83. The lowest BCUT2D eigenvalue weighted by Crippen LogP contribution is -2.62. The Kier molecular flexibility index (Phi) is 4.93. The molecular weight excluding hydrogens is 374 g/mol. The molecule has 0 atom stereocenters. The number of rotatable bonds is 3. The maximum Gasteiger partial charge on any atom is 0.151 e. The van der Waals surface area contributed by atoms with Gasteiger partial charge in [-0.2, -0.15) is 0 Å². The first-order chi connectivity index (χ1) is 14.0. The summed E-state index contributed by atoms with van der Waals surface area (Å²) in [6.07, 6.45) is 2.06. The van der Waals surface area contributed by atoms with Crippen LogP contribution in [0, 0.1) is 6.92 Å². The number of nitrogens with zero attached hydrogens (tertiary/aromatic N) is 4. The van der Waals surface area contributed by atoms with Crippen LogP contribution < -0.4 is 10.2 Å². The second kappa shape index (κ2) is 7.20. The highest BCUT2D eigenvalue weighted by atomic mass is 16.3. The van der Waals surface area contributed by atoms with Gasteiger partial charge in [-0.1, -0.05) is 6.07 Å². The Morgan fingerprint density at radius 1 is 0.967 bits per heavy atom. The highest BCUT2D eigenvalue weighted by molar-refractivity contribution is 5.95. The SMILES string of the molecule is Cc1ccc2ccc(O)c(-c3ccc(N(C)C4CC(C)(C)NC(C)(C)C4)nn3)c2n1. The Morgan fingerprint density at radius 3 is 2.27 bits per heavy atom. The Bertz CT molecular complexity index is 1050. The van der Waals surface area contributed by atoms with Gasteiger partial charge in [0.15, 0.2) is 5.82 Å². The fraction of sp³-hybridized carbons (Fsp3) is 0.458. The van der Waals surface area contributed by atoms with E-state index in [9.17, 15) is 5.11 Å². The maximum atomic E-state index is 10.5. The van der Waals surface area contributed by atoms with Crippen LogP contribution >= 0.6 is 0 Å². The minimum Gasteiger partial charge on any atom is -0.507 e. The number of fused-ring (bicyclic) bond motifs is 1. The van der Waals surface area contributed by atoms with E-state index < -0.39 is 0 Å². The van der Waals surface area contributed by atoms with Crippen molar-refractivity contribution in [3.05, 3.63) is 42.1 Å². The number of phenols is 1. The Morgan fingerprint density at radius 2 is 1.63 bits per heavy atom. The number of piperidine rings is 1. The molecule has 0 aliphatic carbocycles. The molecule has 3 heterocycles. The van der Waals surface area contributed by atoms with Gasteiger partial charge < -0.3 is 15.3 Å². The normalized spacial score (nSPS) is 18.5. The number of nitrogens with one attached hydrogen (secondary N) is 1. The fourth-order valence-corrected chi connectivity index (χ4v) is 4.90. The lowest BCUT2D eigenvalue weighted by molar-refractivity contribution is 0.160. The monoisotopic (exact) mass is 405 g/mol. The summed E-state index contributed by atoms with van der Waals surface area (Å²) in [6.45, 7) is 11.0. The Balaban J connectivity index is 1.66. The quantitative estimate of drug-likeness (QED) is 0.671. The average Bonchev–Trinajstić information content (AvgIpc) is 2.65. The molecule has 30 heavy (non-hydrogen) atoms. The number of hydrogen-bond donors (Lipinski definition) is 2. The van der Waals surface area contributed by atoms with E-state index >= 15 is 0 Å². The zero-order valence-corrected chi connectivity index (χ0v) is 18.7. The molecule has 3 aromatic rings. The predicted molar refractivity (Wildman–Crippen MR) is 122 cm³/mol. The molecule has 1 saturated heterocycles. The van der Waals surface area contributed by atoms with E-state index in [-0.39, 0.29) is 16.8 Å². The molecule has 0 bridgehead atoms. The van der Waals surface area contributed by atoms with Crippen LogP contribution in [0.15, 0.2) is 36.4 Å². The van der Waals surface area contributed by atoms with E-state index in [1.165, 1.54) is 0 Å². The van der Waals surface area contributed by atoms with Crippen LogP contribution in [0.2, 0.25) is 0 Å². The van der Waals surface area contributed by atoms with Crippen LogP contribution in [0.5, 0.6) is 5.75 Å². The van der Waals surface area contributed by atoms with Gasteiger partial charge in [0.2, 0.25) is 0 Å². The number of benzene rings is 1. The number of aromatic hydroxyl groups is 1. The van der Waals surface area contributed by atoms with Crippen LogP contribution in [0.25, 0.3) is 22.2 Å². The second-order valence-corrected chi connectivity index (χ2v) is 9.83. The summed E-state index contributed by atoms with van der Waals surface area (Å²) in [4.78, 5) is 6.86. The van der Waals surface area contributed by atoms with Crippen LogP contribution in [0.1, 0.15) is 46.2 Å². The number of hydrogen-bond acceptors (Lipinski definition) is 6. The van der Waals surface area contributed by atoms with Gasteiger partial charge >= 0.3 is 0 Å². The van der Waals surface area contributed by atoms with Gasteiger partial charge in [-0.05, 0) is 77.8 Å². The van der Waals surface area contributed by atoms with E-state index in [0.717, 1.165) is 35.3 Å². The third-order valence-electron chi connectivity index (χ3n) is 5.96. The molecule has 1 aromatic carbocycles.